The summed E-state index contributed by atoms with van der Waals surface area (Å²) in [7, 11) is 1.91. The number of carbonyl (C=O) groups excluding carboxylic acids is 1. The molecule has 16 heavy (non-hydrogen) atoms. The molecule has 2 fully saturated rings. The molecule has 2 saturated carbocycles. The van der Waals surface area contributed by atoms with E-state index in [0.717, 1.165) is 38.1 Å². The second kappa shape index (κ2) is 4.74. The summed E-state index contributed by atoms with van der Waals surface area (Å²) in [5.41, 5.74) is 5.69. The maximum atomic E-state index is 12.3. The molecule has 0 radical (unpaired) electrons. The molecular weight excluding hydrogens is 200 g/mol. The van der Waals surface area contributed by atoms with E-state index in [1.165, 1.54) is 25.7 Å². The minimum absolute atomic E-state index is 0.174. The van der Waals surface area contributed by atoms with Crippen LogP contribution in [0.25, 0.3) is 0 Å². The van der Waals surface area contributed by atoms with Gasteiger partial charge in [-0.2, -0.15) is 0 Å². The Morgan fingerprint density at radius 3 is 2.50 bits per heavy atom. The number of hydrogen-bond acceptors (Lipinski definition) is 2. The van der Waals surface area contributed by atoms with E-state index < -0.39 is 5.54 Å². The molecule has 2 N–H and O–H groups in total. The van der Waals surface area contributed by atoms with Crippen LogP contribution in [0.5, 0.6) is 0 Å². The molecule has 3 nitrogen and oxygen atoms in total. The Hall–Kier alpha value is -0.570. The van der Waals surface area contributed by atoms with Gasteiger partial charge >= 0.3 is 0 Å². The lowest BCUT2D eigenvalue weighted by Gasteiger charge is -2.35. The lowest BCUT2D eigenvalue weighted by Crippen LogP contribution is -2.55. The van der Waals surface area contributed by atoms with Gasteiger partial charge in [0.05, 0.1) is 5.54 Å². The fourth-order valence-corrected chi connectivity index (χ4v) is 2.66. The van der Waals surface area contributed by atoms with Crippen molar-refractivity contribution in [2.45, 2.75) is 56.9 Å². The Morgan fingerprint density at radius 2 is 1.94 bits per heavy atom. The molecule has 0 bridgehead atoms. The molecule has 2 aliphatic rings. The fourth-order valence-electron chi connectivity index (χ4n) is 2.66. The highest BCUT2D eigenvalue weighted by Crippen LogP contribution is 2.33. The number of nitrogens with two attached hydrogens (primary N) is 1. The zero-order valence-corrected chi connectivity index (χ0v) is 10.4. The Morgan fingerprint density at radius 1 is 1.31 bits per heavy atom. The number of nitrogens with zero attached hydrogens (tertiary/aromatic N) is 1. The van der Waals surface area contributed by atoms with Crippen molar-refractivity contribution in [3.05, 3.63) is 0 Å². The lowest BCUT2D eigenvalue weighted by atomic mass is 9.81. The lowest BCUT2D eigenvalue weighted by molar-refractivity contribution is -0.137. The first-order chi connectivity index (χ1) is 7.62. The Balaban J connectivity index is 1.83. The van der Waals surface area contributed by atoms with Crippen molar-refractivity contribution in [1.29, 1.82) is 0 Å². The molecule has 0 spiro atoms. The van der Waals surface area contributed by atoms with Crippen LogP contribution in [0.4, 0.5) is 0 Å². The smallest absolute Gasteiger partial charge is 0.242 e. The van der Waals surface area contributed by atoms with Gasteiger partial charge in [0, 0.05) is 13.6 Å². The van der Waals surface area contributed by atoms with Crippen LogP contribution in [-0.2, 0) is 4.79 Å². The van der Waals surface area contributed by atoms with Gasteiger partial charge in [0.15, 0.2) is 0 Å². The summed E-state index contributed by atoms with van der Waals surface area (Å²) in [5.74, 6) is 1.06. The summed E-state index contributed by atoms with van der Waals surface area (Å²) in [6.45, 7) is 0.891. The first-order valence-corrected chi connectivity index (χ1v) is 6.66. The molecule has 1 amide bonds. The van der Waals surface area contributed by atoms with Crippen molar-refractivity contribution in [3.8, 4) is 0 Å². The third kappa shape index (κ3) is 2.76. The zero-order valence-electron chi connectivity index (χ0n) is 10.4. The van der Waals surface area contributed by atoms with Crippen molar-refractivity contribution in [2.24, 2.45) is 11.7 Å². The molecule has 3 heteroatoms. The summed E-state index contributed by atoms with van der Waals surface area (Å²) in [6, 6.07) is 0. The number of amides is 1. The van der Waals surface area contributed by atoms with Crippen molar-refractivity contribution < 1.29 is 4.79 Å². The molecule has 0 aromatic rings. The summed E-state index contributed by atoms with van der Waals surface area (Å²) < 4.78 is 0. The maximum Gasteiger partial charge on any atom is 0.242 e. The van der Waals surface area contributed by atoms with Crippen LogP contribution in [0, 0.1) is 5.92 Å². The Bertz CT molecular complexity index is 255. The van der Waals surface area contributed by atoms with Crippen LogP contribution in [-0.4, -0.2) is 29.9 Å². The second-order valence-electron chi connectivity index (χ2n) is 5.68. The second-order valence-corrected chi connectivity index (χ2v) is 5.68. The van der Waals surface area contributed by atoms with Gasteiger partial charge in [-0.05, 0) is 25.2 Å². The van der Waals surface area contributed by atoms with Crippen LogP contribution in [0.1, 0.15) is 51.4 Å². The first kappa shape index (κ1) is 11.9. The molecule has 92 valence electrons. The normalized spacial score (nSPS) is 24.1. The van der Waals surface area contributed by atoms with Gasteiger partial charge in [0.2, 0.25) is 5.91 Å². The summed E-state index contributed by atoms with van der Waals surface area (Å²) in [5, 5.41) is 0. The molecule has 2 rings (SSSR count). The van der Waals surface area contributed by atoms with E-state index in [-0.39, 0.29) is 5.91 Å². The molecule has 0 aromatic heterocycles. The predicted molar refractivity (Wildman–Crippen MR) is 65.0 cm³/mol. The van der Waals surface area contributed by atoms with E-state index in [0.29, 0.717) is 0 Å². The largest absolute Gasteiger partial charge is 0.344 e. The van der Waals surface area contributed by atoms with Gasteiger partial charge in [0.1, 0.15) is 0 Å². The summed E-state index contributed by atoms with van der Waals surface area (Å²) in [6.07, 6.45) is 9.08. The highest BCUT2D eigenvalue weighted by Gasteiger charge is 2.37. The minimum atomic E-state index is -0.545. The quantitative estimate of drug-likeness (QED) is 0.793. The van der Waals surface area contributed by atoms with E-state index in [2.05, 4.69) is 0 Å². The van der Waals surface area contributed by atoms with Gasteiger partial charge in [0.25, 0.3) is 0 Å². The highest BCUT2D eigenvalue weighted by atomic mass is 16.2. The molecule has 0 saturated heterocycles. The number of rotatable bonds is 4. The molecule has 0 aromatic carbocycles. The van der Waals surface area contributed by atoms with Crippen LogP contribution in [0.2, 0.25) is 0 Å². The third-order valence-electron chi connectivity index (χ3n) is 4.09. The van der Waals surface area contributed by atoms with E-state index in [1.807, 2.05) is 11.9 Å². The van der Waals surface area contributed by atoms with E-state index >= 15 is 0 Å². The van der Waals surface area contributed by atoms with E-state index in [1.54, 1.807) is 0 Å². The van der Waals surface area contributed by atoms with Gasteiger partial charge in [-0.1, -0.05) is 32.1 Å². The van der Waals surface area contributed by atoms with Crippen LogP contribution in [0.3, 0.4) is 0 Å². The van der Waals surface area contributed by atoms with Crippen LogP contribution < -0.4 is 5.73 Å². The summed E-state index contributed by atoms with van der Waals surface area (Å²) in [4.78, 5) is 14.1. The monoisotopic (exact) mass is 224 g/mol. The number of hydrogen-bond donors (Lipinski definition) is 1. The maximum absolute atomic E-state index is 12.3. The molecule has 0 heterocycles. The zero-order chi connectivity index (χ0) is 11.6. The topological polar surface area (TPSA) is 46.3 Å². The van der Waals surface area contributed by atoms with Gasteiger partial charge in [-0.3, -0.25) is 4.79 Å². The minimum Gasteiger partial charge on any atom is -0.344 e. The van der Waals surface area contributed by atoms with Gasteiger partial charge in [-0.25, -0.2) is 0 Å². The Labute approximate surface area is 98.4 Å². The molecule has 2 aliphatic carbocycles. The van der Waals surface area contributed by atoms with E-state index in [9.17, 15) is 4.79 Å². The average molecular weight is 224 g/mol. The molecular formula is C13H24N2O. The number of carbonyl (C=O) groups is 1. The van der Waals surface area contributed by atoms with E-state index in [4.69, 9.17) is 5.73 Å². The van der Waals surface area contributed by atoms with Crippen molar-refractivity contribution in [2.75, 3.05) is 13.6 Å². The van der Waals surface area contributed by atoms with Crippen LogP contribution in [0.15, 0.2) is 0 Å². The predicted octanol–water partition coefficient (Wildman–Crippen LogP) is 1.91. The Kier molecular flexibility index (Phi) is 3.53. The SMILES string of the molecule is CN(CCC1CC1)C(=O)C1(N)CCCCC1. The van der Waals surface area contributed by atoms with Crippen molar-refractivity contribution in [3.63, 3.8) is 0 Å². The van der Waals surface area contributed by atoms with Crippen molar-refractivity contribution in [1.82, 2.24) is 4.90 Å². The van der Waals surface area contributed by atoms with Gasteiger partial charge < -0.3 is 10.6 Å². The van der Waals surface area contributed by atoms with Crippen molar-refractivity contribution >= 4 is 5.91 Å². The summed E-state index contributed by atoms with van der Waals surface area (Å²) >= 11 is 0. The highest BCUT2D eigenvalue weighted by molar-refractivity contribution is 5.86. The average Bonchev–Trinajstić information content (AvgIpc) is 3.09. The number of likely N-dealkylation sites (N-methyl/N-ethyl adjacent to an activating group) is 1. The molecule has 0 atom stereocenters. The standard InChI is InChI=1S/C13H24N2O/c1-15(10-7-11-5-6-11)12(16)13(14)8-3-2-4-9-13/h11H,2-10,14H2,1H3. The molecule has 0 unspecified atom stereocenters. The third-order valence-corrected chi connectivity index (χ3v) is 4.09. The van der Waals surface area contributed by atoms with Gasteiger partial charge in [-0.15, -0.1) is 0 Å². The molecule has 0 aliphatic heterocycles. The van der Waals surface area contributed by atoms with Crippen LogP contribution >= 0.6 is 0 Å². The first-order valence-electron chi connectivity index (χ1n) is 6.66. The fraction of sp³-hybridized carbons (Fsp3) is 0.923.